The number of halogens is 2. The van der Waals surface area contributed by atoms with Crippen molar-refractivity contribution in [1.82, 2.24) is 0 Å². The first-order valence-corrected chi connectivity index (χ1v) is 11.9. The average molecular weight is 476 g/mol. The summed E-state index contributed by atoms with van der Waals surface area (Å²) < 4.78 is 33.4. The number of carbonyl (C=O) groups is 1. The Balaban J connectivity index is 1.56. The third-order valence-corrected chi connectivity index (χ3v) is 7.50. The van der Waals surface area contributed by atoms with Gasteiger partial charge < -0.3 is 4.74 Å². The molecule has 31 heavy (non-hydrogen) atoms. The first-order valence-electron chi connectivity index (χ1n) is 9.68. The summed E-state index contributed by atoms with van der Waals surface area (Å²) in [7, 11) is -3.82. The van der Waals surface area contributed by atoms with Gasteiger partial charge in [0.1, 0.15) is 6.61 Å². The van der Waals surface area contributed by atoms with E-state index in [2.05, 4.69) is 0 Å². The highest BCUT2D eigenvalue weighted by atomic mass is 35.5. The summed E-state index contributed by atoms with van der Waals surface area (Å²) in [4.78, 5) is 12.6. The van der Waals surface area contributed by atoms with Crippen LogP contribution in [0.3, 0.4) is 0 Å². The van der Waals surface area contributed by atoms with Crippen LogP contribution >= 0.6 is 23.2 Å². The molecule has 0 atom stereocenters. The van der Waals surface area contributed by atoms with Crippen molar-refractivity contribution >= 4 is 44.9 Å². The first-order chi connectivity index (χ1) is 14.9. The highest BCUT2D eigenvalue weighted by Gasteiger charge is 2.29. The molecule has 0 amide bonds. The number of para-hydroxylation sites is 1. The third-order valence-electron chi connectivity index (χ3n) is 5.10. The first kappa shape index (κ1) is 21.7. The molecule has 0 spiro atoms. The molecule has 1 aliphatic rings. The molecular formula is C23H19Cl2NO4S. The number of esters is 1. The maximum atomic E-state index is 13.3. The summed E-state index contributed by atoms with van der Waals surface area (Å²) in [6.45, 7) is 0.342. The predicted octanol–water partition coefficient (Wildman–Crippen LogP) is 5.49. The molecule has 3 aromatic carbocycles. The van der Waals surface area contributed by atoms with Crippen molar-refractivity contribution in [2.75, 3.05) is 10.8 Å². The van der Waals surface area contributed by atoms with E-state index in [4.69, 9.17) is 27.9 Å². The van der Waals surface area contributed by atoms with Gasteiger partial charge in [0, 0.05) is 22.2 Å². The minimum absolute atomic E-state index is 0.0446. The Morgan fingerprint density at radius 3 is 2.61 bits per heavy atom. The molecule has 0 aromatic heterocycles. The van der Waals surface area contributed by atoms with Gasteiger partial charge in [-0.15, -0.1) is 0 Å². The molecule has 160 valence electrons. The lowest BCUT2D eigenvalue weighted by Crippen LogP contribution is -2.35. The lowest BCUT2D eigenvalue weighted by Gasteiger charge is -2.30. The minimum Gasteiger partial charge on any atom is -0.457 e. The van der Waals surface area contributed by atoms with Crippen molar-refractivity contribution in [2.24, 2.45) is 0 Å². The van der Waals surface area contributed by atoms with Crippen molar-refractivity contribution in [2.45, 2.75) is 24.3 Å². The monoisotopic (exact) mass is 475 g/mol. The van der Waals surface area contributed by atoms with Crippen molar-refractivity contribution in [3.63, 3.8) is 0 Å². The second-order valence-electron chi connectivity index (χ2n) is 7.15. The summed E-state index contributed by atoms with van der Waals surface area (Å²) >= 11 is 12.0. The number of aryl methyl sites for hydroxylation is 1. The van der Waals surface area contributed by atoms with Gasteiger partial charge in [-0.05, 0) is 54.8 Å². The molecule has 0 bridgehead atoms. The van der Waals surface area contributed by atoms with Crippen LogP contribution < -0.4 is 4.31 Å². The van der Waals surface area contributed by atoms with Gasteiger partial charge in [0.05, 0.1) is 16.1 Å². The van der Waals surface area contributed by atoms with Crippen LogP contribution in [0, 0.1) is 0 Å². The second-order valence-corrected chi connectivity index (χ2v) is 9.86. The molecule has 0 saturated heterocycles. The van der Waals surface area contributed by atoms with Gasteiger partial charge in [0.25, 0.3) is 10.0 Å². The Labute approximate surface area is 191 Å². The molecular weight excluding hydrogens is 457 g/mol. The van der Waals surface area contributed by atoms with Crippen molar-refractivity contribution in [1.29, 1.82) is 0 Å². The highest BCUT2D eigenvalue weighted by molar-refractivity contribution is 7.92. The molecule has 0 saturated carbocycles. The van der Waals surface area contributed by atoms with Crippen molar-refractivity contribution in [3.05, 3.63) is 93.5 Å². The zero-order chi connectivity index (χ0) is 22.0. The molecule has 8 heteroatoms. The number of rotatable bonds is 5. The number of anilines is 1. The maximum Gasteiger partial charge on any atom is 0.338 e. The summed E-state index contributed by atoms with van der Waals surface area (Å²) in [6.07, 6.45) is 1.57. The summed E-state index contributed by atoms with van der Waals surface area (Å²) in [5.74, 6) is -0.637. The molecule has 5 nitrogen and oxygen atoms in total. The van der Waals surface area contributed by atoms with E-state index < -0.39 is 16.0 Å². The van der Waals surface area contributed by atoms with E-state index in [0.717, 1.165) is 18.4 Å². The average Bonchev–Trinajstić information content (AvgIpc) is 2.78. The van der Waals surface area contributed by atoms with E-state index >= 15 is 0 Å². The lowest BCUT2D eigenvalue weighted by atomic mass is 10.0. The van der Waals surface area contributed by atoms with E-state index in [9.17, 15) is 13.2 Å². The topological polar surface area (TPSA) is 63.7 Å². The molecule has 4 rings (SSSR count). The lowest BCUT2D eigenvalue weighted by molar-refractivity contribution is 0.0472. The van der Waals surface area contributed by atoms with E-state index in [-0.39, 0.29) is 17.1 Å². The standard InChI is InChI=1S/C23H19Cl2NO4S/c24-19-11-10-18(21(25)14-19)15-30-23(27)17-6-3-8-20(13-17)31(28,29)26-12-4-7-16-5-1-2-9-22(16)26/h1-3,5-6,8-11,13-14H,4,7,12,15H2. The zero-order valence-electron chi connectivity index (χ0n) is 16.4. The fraction of sp³-hybridized carbons (Fsp3) is 0.174. The number of ether oxygens (including phenoxy) is 1. The van der Waals surface area contributed by atoms with E-state index in [1.807, 2.05) is 18.2 Å². The molecule has 0 N–H and O–H groups in total. The molecule has 0 radical (unpaired) electrons. The smallest absolute Gasteiger partial charge is 0.338 e. The van der Waals surface area contributed by atoms with Crippen LogP contribution in [0.25, 0.3) is 0 Å². The van der Waals surface area contributed by atoms with Gasteiger partial charge in [-0.25, -0.2) is 13.2 Å². The molecule has 0 unspecified atom stereocenters. The number of fused-ring (bicyclic) bond motifs is 1. The summed E-state index contributed by atoms with van der Waals surface area (Å²) in [5, 5.41) is 0.873. The van der Waals surface area contributed by atoms with Crippen LogP contribution in [-0.4, -0.2) is 20.9 Å². The van der Waals surface area contributed by atoms with Crippen LogP contribution in [0.1, 0.15) is 27.9 Å². The van der Waals surface area contributed by atoms with Crippen LogP contribution in [0.5, 0.6) is 0 Å². The van der Waals surface area contributed by atoms with Crippen molar-refractivity contribution in [3.8, 4) is 0 Å². The van der Waals surface area contributed by atoms with Gasteiger partial charge in [0.2, 0.25) is 0 Å². The summed E-state index contributed by atoms with van der Waals surface area (Å²) in [5.41, 5.74) is 2.43. The molecule has 1 heterocycles. The molecule has 0 fully saturated rings. The van der Waals surface area contributed by atoms with Gasteiger partial charge in [-0.2, -0.15) is 0 Å². The fourth-order valence-electron chi connectivity index (χ4n) is 3.52. The summed E-state index contributed by atoms with van der Waals surface area (Å²) in [6, 6.07) is 18.2. The highest BCUT2D eigenvalue weighted by Crippen LogP contribution is 2.32. The van der Waals surface area contributed by atoms with Crippen molar-refractivity contribution < 1.29 is 17.9 Å². The van der Waals surface area contributed by atoms with Crippen LogP contribution in [-0.2, 0) is 27.8 Å². The number of nitrogens with zero attached hydrogens (tertiary/aromatic N) is 1. The number of hydrogen-bond donors (Lipinski definition) is 0. The van der Waals surface area contributed by atoms with Crippen LogP contribution in [0.15, 0.2) is 71.6 Å². The van der Waals surface area contributed by atoms with E-state index in [0.29, 0.717) is 27.8 Å². The Bertz CT molecular complexity index is 1240. The van der Waals surface area contributed by atoms with Gasteiger partial charge >= 0.3 is 5.97 Å². The Hall–Kier alpha value is -2.54. The number of carbonyl (C=O) groups excluding carboxylic acids is 1. The second kappa shape index (κ2) is 8.91. The van der Waals surface area contributed by atoms with Gasteiger partial charge in [0.15, 0.2) is 0 Å². The Morgan fingerprint density at radius 2 is 1.81 bits per heavy atom. The fourth-order valence-corrected chi connectivity index (χ4v) is 5.58. The third kappa shape index (κ3) is 4.56. The SMILES string of the molecule is O=C(OCc1ccc(Cl)cc1Cl)c1cccc(S(=O)(=O)N2CCCc3ccccc32)c1. The molecule has 1 aliphatic heterocycles. The quantitative estimate of drug-likeness (QED) is 0.457. The maximum absolute atomic E-state index is 13.3. The van der Waals surface area contributed by atoms with Gasteiger partial charge in [-0.1, -0.05) is 53.5 Å². The van der Waals surface area contributed by atoms with E-state index in [1.54, 1.807) is 24.3 Å². The minimum atomic E-state index is -3.82. The molecule has 0 aliphatic carbocycles. The zero-order valence-corrected chi connectivity index (χ0v) is 18.8. The predicted molar refractivity (Wildman–Crippen MR) is 121 cm³/mol. The normalized spacial score (nSPS) is 13.5. The number of hydrogen-bond acceptors (Lipinski definition) is 4. The van der Waals surface area contributed by atoms with Gasteiger partial charge in [-0.3, -0.25) is 4.31 Å². The number of sulfonamides is 1. The number of benzene rings is 3. The Kier molecular flexibility index (Phi) is 6.23. The Morgan fingerprint density at radius 1 is 1.00 bits per heavy atom. The van der Waals surface area contributed by atoms with E-state index in [1.165, 1.54) is 28.6 Å². The van der Waals surface area contributed by atoms with Crippen LogP contribution in [0.2, 0.25) is 10.0 Å². The van der Waals surface area contributed by atoms with Crippen LogP contribution in [0.4, 0.5) is 5.69 Å². The largest absolute Gasteiger partial charge is 0.457 e. The molecule has 3 aromatic rings.